The minimum atomic E-state index is -3.81. The molecule has 10 heteroatoms. The van der Waals surface area contributed by atoms with Crippen LogP contribution in [0, 0.1) is 6.92 Å². The summed E-state index contributed by atoms with van der Waals surface area (Å²) in [5.41, 5.74) is 2.31. The van der Waals surface area contributed by atoms with Crippen molar-refractivity contribution in [3.8, 4) is 0 Å². The Bertz CT molecular complexity index is 1140. The Balaban J connectivity index is 1.97. The molecule has 32 heavy (non-hydrogen) atoms. The summed E-state index contributed by atoms with van der Waals surface area (Å²) in [6.07, 6.45) is 4.63. The van der Waals surface area contributed by atoms with E-state index in [0.717, 1.165) is 46.7 Å². The molecule has 174 valence electrons. The Hall–Kier alpha value is -2.10. The number of amides is 1. The second-order valence-electron chi connectivity index (χ2n) is 7.79. The highest BCUT2D eigenvalue weighted by molar-refractivity contribution is 7.92. The third-order valence-electron chi connectivity index (χ3n) is 5.38. The van der Waals surface area contributed by atoms with Gasteiger partial charge in [-0.15, -0.1) is 11.3 Å². The number of halogens is 1. The van der Waals surface area contributed by atoms with Gasteiger partial charge in [0.15, 0.2) is 0 Å². The summed E-state index contributed by atoms with van der Waals surface area (Å²) in [6, 6.07) is 3.81. The number of ether oxygens (including phenoxy) is 1. The molecule has 1 N–H and O–H groups in total. The predicted octanol–water partition coefficient (Wildman–Crippen LogP) is 4.56. The van der Waals surface area contributed by atoms with Crippen molar-refractivity contribution in [3.05, 3.63) is 44.8 Å². The Kier molecular flexibility index (Phi) is 7.52. The van der Waals surface area contributed by atoms with Crippen LogP contribution in [0.2, 0.25) is 5.02 Å². The lowest BCUT2D eigenvalue weighted by molar-refractivity contribution is -0.116. The molecule has 0 fully saturated rings. The van der Waals surface area contributed by atoms with Crippen molar-refractivity contribution in [2.75, 3.05) is 22.5 Å². The first-order valence-corrected chi connectivity index (χ1v) is 13.5. The van der Waals surface area contributed by atoms with E-state index in [-0.39, 0.29) is 6.61 Å². The summed E-state index contributed by atoms with van der Waals surface area (Å²) in [6.45, 7) is 5.21. The van der Waals surface area contributed by atoms with Gasteiger partial charge in [-0.05, 0) is 69.7 Å². The molecular formula is C22H27ClN2O5S2. The summed E-state index contributed by atoms with van der Waals surface area (Å²) in [7, 11) is -3.81. The third kappa shape index (κ3) is 5.10. The number of nitrogens with zero attached hydrogens (tertiary/aromatic N) is 1. The van der Waals surface area contributed by atoms with Crippen molar-refractivity contribution in [3.63, 3.8) is 0 Å². The predicted molar refractivity (Wildman–Crippen MR) is 129 cm³/mol. The molecule has 0 radical (unpaired) electrons. The number of thiophene rings is 1. The number of sulfonamides is 1. The van der Waals surface area contributed by atoms with Crippen LogP contribution < -0.4 is 9.62 Å². The van der Waals surface area contributed by atoms with E-state index in [4.69, 9.17) is 16.3 Å². The van der Waals surface area contributed by atoms with Gasteiger partial charge in [0.25, 0.3) is 0 Å². The van der Waals surface area contributed by atoms with Gasteiger partial charge < -0.3 is 10.1 Å². The third-order valence-corrected chi connectivity index (χ3v) is 8.05. The number of aryl methyl sites for hydroxylation is 2. The van der Waals surface area contributed by atoms with Crippen molar-refractivity contribution < 1.29 is 22.7 Å². The lowest BCUT2D eigenvalue weighted by Crippen LogP contribution is -2.45. The van der Waals surface area contributed by atoms with Gasteiger partial charge >= 0.3 is 5.97 Å². The second kappa shape index (κ2) is 9.80. The number of anilines is 2. The SMILES string of the molecule is CCOC(=O)c1c(NC(=O)C(C)N(c2cc(Cl)ccc2C)S(C)(=O)=O)sc2c1CCCC2. The van der Waals surface area contributed by atoms with Crippen LogP contribution >= 0.6 is 22.9 Å². The summed E-state index contributed by atoms with van der Waals surface area (Å²) < 4.78 is 31.6. The average molecular weight is 499 g/mol. The lowest BCUT2D eigenvalue weighted by atomic mass is 9.95. The number of fused-ring (bicyclic) bond motifs is 1. The molecule has 1 amide bonds. The molecule has 1 heterocycles. The molecular weight excluding hydrogens is 472 g/mol. The Morgan fingerprint density at radius 2 is 1.97 bits per heavy atom. The molecule has 0 bridgehead atoms. The van der Waals surface area contributed by atoms with Crippen molar-refractivity contribution >= 4 is 55.5 Å². The summed E-state index contributed by atoms with van der Waals surface area (Å²) in [5.74, 6) is -1.01. The van der Waals surface area contributed by atoms with E-state index in [1.54, 1.807) is 26.0 Å². The van der Waals surface area contributed by atoms with Crippen LogP contribution in [0.15, 0.2) is 18.2 Å². The maximum Gasteiger partial charge on any atom is 0.341 e. The topological polar surface area (TPSA) is 92.8 Å². The number of esters is 1. The van der Waals surface area contributed by atoms with E-state index in [1.165, 1.54) is 24.3 Å². The maximum atomic E-state index is 13.2. The van der Waals surface area contributed by atoms with Crippen LogP contribution in [0.1, 0.15) is 53.1 Å². The lowest BCUT2D eigenvalue weighted by Gasteiger charge is -2.29. The second-order valence-corrected chi connectivity index (χ2v) is 11.2. The molecule has 1 aliphatic rings. The number of hydrogen-bond donors (Lipinski definition) is 1. The van der Waals surface area contributed by atoms with E-state index in [2.05, 4.69) is 5.32 Å². The first-order valence-electron chi connectivity index (χ1n) is 10.4. The zero-order valence-electron chi connectivity index (χ0n) is 18.5. The number of nitrogens with one attached hydrogen (secondary N) is 1. The standard InChI is InChI=1S/C22H27ClN2O5S2/c1-5-30-22(27)19-16-8-6-7-9-18(16)31-21(19)24-20(26)14(3)25(32(4,28)29)17-12-15(23)11-10-13(17)2/h10-12,14H,5-9H2,1-4H3,(H,24,26). The first kappa shape index (κ1) is 24.5. The maximum absolute atomic E-state index is 13.2. The van der Waals surface area contributed by atoms with E-state index < -0.39 is 27.9 Å². The van der Waals surface area contributed by atoms with Gasteiger partial charge in [0.1, 0.15) is 11.0 Å². The molecule has 1 aliphatic carbocycles. The molecule has 2 aromatic rings. The fourth-order valence-corrected chi connectivity index (χ4v) is 6.56. The van der Waals surface area contributed by atoms with Gasteiger partial charge in [0.05, 0.1) is 24.1 Å². The number of hydrogen-bond acceptors (Lipinski definition) is 6. The Morgan fingerprint density at radius 3 is 2.62 bits per heavy atom. The minimum Gasteiger partial charge on any atom is -0.462 e. The largest absolute Gasteiger partial charge is 0.462 e. The van der Waals surface area contributed by atoms with Crippen molar-refractivity contribution in [2.45, 2.75) is 52.5 Å². The monoisotopic (exact) mass is 498 g/mol. The Morgan fingerprint density at radius 1 is 1.28 bits per heavy atom. The van der Waals surface area contributed by atoms with Gasteiger partial charge in [-0.3, -0.25) is 9.10 Å². The van der Waals surface area contributed by atoms with Crippen LogP contribution in [-0.2, 0) is 32.4 Å². The first-order chi connectivity index (χ1) is 15.0. The normalized spacial score (nSPS) is 14.4. The van der Waals surface area contributed by atoms with Crippen LogP contribution in [0.5, 0.6) is 0 Å². The summed E-state index contributed by atoms with van der Waals surface area (Å²) in [4.78, 5) is 26.9. The van der Waals surface area contributed by atoms with Crippen LogP contribution in [0.4, 0.5) is 10.7 Å². The highest BCUT2D eigenvalue weighted by Gasteiger charge is 2.33. The molecule has 0 spiro atoms. The molecule has 0 aliphatic heterocycles. The van der Waals surface area contributed by atoms with Crippen molar-refractivity contribution in [2.24, 2.45) is 0 Å². The van der Waals surface area contributed by atoms with Crippen molar-refractivity contribution in [1.82, 2.24) is 0 Å². The van der Waals surface area contributed by atoms with E-state index >= 15 is 0 Å². The van der Waals surface area contributed by atoms with Gasteiger partial charge in [-0.1, -0.05) is 17.7 Å². The molecule has 1 aromatic heterocycles. The molecule has 1 atom stereocenters. The van der Waals surface area contributed by atoms with Gasteiger partial charge in [-0.25, -0.2) is 13.2 Å². The van der Waals surface area contributed by atoms with E-state index in [9.17, 15) is 18.0 Å². The van der Waals surface area contributed by atoms with E-state index in [0.29, 0.717) is 26.8 Å². The Labute approximate surface area is 197 Å². The van der Waals surface area contributed by atoms with Crippen LogP contribution in [0.25, 0.3) is 0 Å². The highest BCUT2D eigenvalue weighted by atomic mass is 35.5. The molecule has 3 rings (SSSR count). The molecule has 1 aromatic carbocycles. The minimum absolute atomic E-state index is 0.225. The molecule has 0 saturated carbocycles. The van der Waals surface area contributed by atoms with Gasteiger partial charge in [0, 0.05) is 9.90 Å². The number of carbonyl (C=O) groups is 2. The van der Waals surface area contributed by atoms with Crippen molar-refractivity contribution in [1.29, 1.82) is 0 Å². The summed E-state index contributed by atoms with van der Waals surface area (Å²) in [5, 5.41) is 3.57. The molecule has 0 saturated heterocycles. The number of carbonyl (C=O) groups excluding carboxylic acids is 2. The van der Waals surface area contributed by atoms with Crippen LogP contribution in [-0.4, -0.2) is 39.2 Å². The highest BCUT2D eigenvalue weighted by Crippen LogP contribution is 2.39. The molecule has 7 nitrogen and oxygen atoms in total. The fraction of sp³-hybridized carbons (Fsp3) is 0.455. The van der Waals surface area contributed by atoms with Gasteiger partial charge in [-0.2, -0.15) is 0 Å². The number of rotatable bonds is 7. The average Bonchev–Trinajstić information content (AvgIpc) is 3.07. The smallest absolute Gasteiger partial charge is 0.341 e. The van der Waals surface area contributed by atoms with Gasteiger partial charge in [0.2, 0.25) is 15.9 Å². The number of benzene rings is 1. The summed E-state index contributed by atoms with van der Waals surface area (Å²) >= 11 is 7.46. The van der Waals surface area contributed by atoms with E-state index in [1.807, 2.05) is 0 Å². The quantitative estimate of drug-likeness (QED) is 0.565. The zero-order valence-corrected chi connectivity index (χ0v) is 20.9. The fourth-order valence-electron chi connectivity index (χ4n) is 3.89. The zero-order chi connectivity index (χ0) is 23.6. The molecule has 1 unspecified atom stereocenters. The van der Waals surface area contributed by atoms with Crippen LogP contribution in [0.3, 0.4) is 0 Å².